The molecule has 1 aromatic heterocycles. The van der Waals surface area contributed by atoms with Gasteiger partial charge in [-0.3, -0.25) is 20.4 Å². The average Bonchev–Trinajstić information content (AvgIpc) is 2.07. The van der Waals surface area contributed by atoms with Crippen LogP contribution in [0, 0.1) is 0 Å². The first-order valence-electron chi connectivity index (χ1n) is 3.37. The zero-order chi connectivity index (χ0) is 9.84. The molecule has 1 heterocycles. The van der Waals surface area contributed by atoms with Crippen molar-refractivity contribution in [3.05, 3.63) is 21.6 Å². The molecular formula is C6H7ClN4O2. The standard InChI is InChI=1S/C6H7ClN4O2/c1-3(12)9-10-4-2-8-11-6(13)5(4)7/h2H,1H3,(H,9,12)(H2,10,11,13). The summed E-state index contributed by atoms with van der Waals surface area (Å²) in [6, 6.07) is 0. The highest BCUT2D eigenvalue weighted by molar-refractivity contribution is 6.32. The Hall–Kier alpha value is -1.56. The summed E-state index contributed by atoms with van der Waals surface area (Å²) >= 11 is 5.58. The Morgan fingerprint density at radius 1 is 1.69 bits per heavy atom. The quantitative estimate of drug-likeness (QED) is 0.584. The highest BCUT2D eigenvalue weighted by Crippen LogP contribution is 2.12. The molecule has 0 unspecified atom stereocenters. The second kappa shape index (κ2) is 3.90. The van der Waals surface area contributed by atoms with Gasteiger partial charge in [-0.15, -0.1) is 0 Å². The second-order valence-corrected chi connectivity index (χ2v) is 2.61. The first kappa shape index (κ1) is 9.53. The first-order chi connectivity index (χ1) is 6.11. The molecule has 1 aromatic rings. The lowest BCUT2D eigenvalue weighted by atomic mass is 10.5. The molecule has 1 rings (SSSR count). The van der Waals surface area contributed by atoms with Gasteiger partial charge >= 0.3 is 0 Å². The summed E-state index contributed by atoms with van der Waals surface area (Å²) in [5.41, 5.74) is 4.44. The number of hydrazine groups is 1. The molecule has 3 N–H and O–H groups in total. The van der Waals surface area contributed by atoms with Gasteiger partial charge in [-0.2, -0.15) is 5.10 Å². The lowest BCUT2D eigenvalue weighted by Crippen LogP contribution is -2.28. The van der Waals surface area contributed by atoms with Crippen LogP contribution in [0.25, 0.3) is 0 Å². The van der Waals surface area contributed by atoms with Crippen LogP contribution in [0.2, 0.25) is 5.02 Å². The fourth-order valence-corrected chi connectivity index (χ4v) is 0.764. The Balaban J connectivity index is 2.83. The number of hydrogen-bond donors (Lipinski definition) is 3. The Labute approximate surface area is 78.3 Å². The van der Waals surface area contributed by atoms with Crippen molar-refractivity contribution in [1.82, 2.24) is 15.6 Å². The number of aromatic amines is 1. The lowest BCUT2D eigenvalue weighted by Gasteiger charge is -2.05. The van der Waals surface area contributed by atoms with Crippen molar-refractivity contribution in [2.24, 2.45) is 0 Å². The van der Waals surface area contributed by atoms with E-state index in [1.165, 1.54) is 13.1 Å². The molecule has 0 aromatic carbocycles. The van der Waals surface area contributed by atoms with Crippen LogP contribution in [-0.4, -0.2) is 16.1 Å². The molecule has 13 heavy (non-hydrogen) atoms. The summed E-state index contributed by atoms with van der Waals surface area (Å²) in [6.45, 7) is 1.32. The number of amides is 1. The van der Waals surface area contributed by atoms with Crippen LogP contribution in [0.5, 0.6) is 0 Å². The number of halogens is 1. The topological polar surface area (TPSA) is 86.9 Å². The normalized spacial score (nSPS) is 9.38. The molecule has 7 heteroatoms. The fraction of sp³-hybridized carbons (Fsp3) is 0.167. The van der Waals surface area contributed by atoms with Crippen molar-refractivity contribution < 1.29 is 4.79 Å². The largest absolute Gasteiger partial charge is 0.295 e. The molecule has 0 aliphatic rings. The molecule has 0 saturated carbocycles. The molecule has 0 atom stereocenters. The summed E-state index contributed by atoms with van der Waals surface area (Å²) in [6.07, 6.45) is 1.29. The molecule has 0 aliphatic heterocycles. The van der Waals surface area contributed by atoms with E-state index in [1.54, 1.807) is 0 Å². The third-order valence-corrected chi connectivity index (χ3v) is 1.54. The van der Waals surface area contributed by atoms with E-state index in [-0.39, 0.29) is 16.6 Å². The Morgan fingerprint density at radius 2 is 2.38 bits per heavy atom. The summed E-state index contributed by atoms with van der Waals surface area (Å²) in [5.74, 6) is -0.295. The number of H-pyrrole nitrogens is 1. The van der Waals surface area contributed by atoms with Gasteiger partial charge in [-0.1, -0.05) is 11.6 Å². The van der Waals surface area contributed by atoms with Gasteiger partial charge in [0.25, 0.3) is 5.56 Å². The van der Waals surface area contributed by atoms with Crippen molar-refractivity contribution in [2.45, 2.75) is 6.92 Å². The number of carbonyl (C=O) groups excluding carboxylic acids is 1. The monoisotopic (exact) mass is 202 g/mol. The average molecular weight is 203 g/mol. The van der Waals surface area contributed by atoms with Crippen LogP contribution in [0.1, 0.15) is 6.92 Å². The van der Waals surface area contributed by atoms with E-state index in [2.05, 4.69) is 21.0 Å². The summed E-state index contributed by atoms with van der Waals surface area (Å²) in [5, 5.41) is 5.57. The molecule has 70 valence electrons. The maximum absolute atomic E-state index is 10.9. The summed E-state index contributed by atoms with van der Waals surface area (Å²) < 4.78 is 0. The van der Waals surface area contributed by atoms with Crippen LogP contribution >= 0.6 is 11.6 Å². The van der Waals surface area contributed by atoms with Gasteiger partial charge in [0.15, 0.2) is 0 Å². The third kappa shape index (κ3) is 2.45. The SMILES string of the molecule is CC(=O)NNc1cn[nH]c(=O)c1Cl. The number of carbonyl (C=O) groups is 1. The number of aromatic nitrogens is 2. The smallest absolute Gasteiger partial charge is 0.285 e. The van der Waals surface area contributed by atoms with E-state index in [9.17, 15) is 9.59 Å². The predicted octanol–water partition coefficient (Wildman–Crippen LogP) is -0.114. The van der Waals surface area contributed by atoms with E-state index >= 15 is 0 Å². The van der Waals surface area contributed by atoms with Gasteiger partial charge in [0.1, 0.15) is 5.02 Å². The minimum Gasteiger partial charge on any atom is -0.295 e. The van der Waals surface area contributed by atoms with Crippen molar-refractivity contribution >= 4 is 23.2 Å². The van der Waals surface area contributed by atoms with Gasteiger partial charge in [0, 0.05) is 6.92 Å². The minimum atomic E-state index is -0.517. The number of anilines is 1. The Bertz CT molecular complexity index is 375. The molecule has 6 nitrogen and oxygen atoms in total. The van der Waals surface area contributed by atoms with Gasteiger partial charge in [0.2, 0.25) is 5.91 Å². The zero-order valence-electron chi connectivity index (χ0n) is 6.72. The lowest BCUT2D eigenvalue weighted by molar-refractivity contribution is -0.118. The molecule has 0 aliphatic carbocycles. The molecule has 0 fully saturated rings. The van der Waals surface area contributed by atoms with Crippen LogP contribution in [0.15, 0.2) is 11.0 Å². The van der Waals surface area contributed by atoms with E-state index < -0.39 is 5.56 Å². The fourth-order valence-electron chi connectivity index (χ4n) is 0.626. The first-order valence-corrected chi connectivity index (χ1v) is 3.75. The summed E-state index contributed by atoms with van der Waals surface area (Å²) in [7, 11) is 0. The van der Waals surface area contributed by atoms with E-state index in [1.807, 2.05) is 0 Å². The second-order valence-electron chi connectivity index (χ2n) is 2.23. The van der Waals surface area contributed by atoms with Crippen molar-refractivity contribution in [1.29, 1.82) is 0 Å². The van der Waals surface area contributed by atoms with Crippen LogP contribution in [0.4, 0.5) is 5.69 Å². The van der Waals surface area contributed by atoms with Crippen LogP contribution < -0.4 is 16.4 Å². The molecule has 0 radical (unpaired) electrons. The highest BCUT2D eigenvalue weighted by Gasteiger charge is 2.03. The summed E-state index contributed by atoms with van der Waals surface area (Å²) in [4.78, 5) is 21.4. The van der Waals surface area contributed by atoms with Gasteiger partial charge in [-0.05, 0) is 0 Å². The minimum absolute atomic E-state index is 0.0521. The van der Waals surface area contributed by atoms with Crippen LogP contribution in [-0.2, 0) is 4.79 Å². The third-order valence-electron chi connectivity index (χ3n) is 1.17. The van der Waals surface area contributed by atoms with Gasteiger partial charge in [-0.25, -0.2) is 5.10 Å². The van der Waals surface area contributed by atoms with Crippen molar-refractivity contribution in [3.63, 3.8) is 0 Å². The van der Waals surface area contributed by atoms with E-state index in [0.717, 1.165) is 0 Å². The zero-order valence-corrected chi connectivity index (χ0v) is 7.47. The Morgan fingerprint density at radius 3 is 3.00 bits per heavy atom. The number of nitrogens with one attached hydrogen (secondary N) is 3. The predicted molar refractivity (Wildman–Crippen MR) is 47.3 cm³/mol. The number of nitrogens with zero attached hydrogens (tertiary/aromatic N) is 1. The maximum Gasteiger partial charge on any atom is 0.285 e. The van der Waals surface area contributed by atoms with Crippen LogP contribution in [0.3, 0.4) is 0 Å². The van der Waals surface area contributed by atoms with E-state index in [0.29, 0.717) is 0 Å². The van der Waals surface area contributed by atoms with E-state index in [4.69, 9.17) is 11.6 Å². The number of rotatable bonds is 2. The highest BCUT2D eigenvalue weighted by atomic mass is 35.5. The Kier molecular flexibility index (Phi) is 2.86. The number of hydrogen-bond acceptors (Lipinski definition) is 4. The molecule has 0 saturated heterocycles. The van der Waals surface area contributed by atoms with Crippen molar-refractivity contribution in [3.8, 4) is 0 Å². The molecular weight excluding hydrogens is 196 g/mol. The molecule has 0 bridgehead atoms. The molecule has 0 spiro atoms. The molecule has 1 amide bonds. The van der Waals surface area contributed by atoms with Gasteiger partial charge < -0.3 is 0 Å². The maximum atomic E-state index is 10.9. The van der Waals surface area contributed by atoms with Gasteiger partial charge in [0.05, 0.1) is 11.9 Å². The van der Waals surface area contributed by atoms with Crippen molar-refractivity contribution in [2.75, 3.05) is 5.43 Å².